The van der Waals surface area contributed by atoms with E-state index in [-0.39, 0.29) is 24.2 Å². The number of aromatic hydroxyl groups is 1. The van der Waals surface area contributed by atoms with Crippen LogP contribution in [0, 0.1) is 5.92 Å². The normalized spacial score (nSPS) is 17.8. The predicted octanol–water partition coefficient (Wildman–Crippen LogP) is 4.53. The molecule has 5 heteroatoms. The topological polar surface area (TPSA) is 46.2 Å². The number of hydrogen-bond acceptors (Lipinski definition) is 2. The molecule has 1 aliphatic carbocycles. The Bertz CT molecular complexity index is 371. The molecule has 1 aromatic rings. The molecule has 1 atom stereocenters. The lowest BCUT2D eigenvalue weighted by Gasteiger charge is -2.21. The minimum atomic E-state index is -0.0648. The minimum absolute atomic E-state index is 0. The number of nitrogens with two attached hydrogens (primary N) is 1. The summed E-state index contributed by atoms with van der Waals surface area (Å²) in [4.78, 5) is 0. The number of halogens is 3. The van der Waals surface area contributed by atoms with Crippen LogP contribution >= 0.6 is 44.3 Å². The van der Waals surface area contributed by atoms with Gasteiger partial charge < -0.3 is 10.8 Å². The van der Waals surface area contributed by atoms with E-state index in [1.54, 1.807) is 6.07 Å². The fourth-order valence-corrected chi connectivity index (χ4v) is 3.92. The van der Waals surface area contributed by atoms with Crippen molar-refractivity contribution in [1.82, 2.24) is 0 Å². The minimum Gasteiger partial charge on any atom is -0.508 e. The Labute approximate surface area is 125 Å². The van der Waals surface area contributed by atoms with Gasteiger partial charge in [-0.05, 0) is 30.9 Å². The van der Waals surface area contributed by atoms with Crippen molar-refractivity contribution in [3.8, 4) is 5.75 Å². The Morgan fingerprint density at radius 2 is 1.82 bits per heavy atom. The van der Waals surface area contributed by atoms with Gasteiger partial charge in [-0.2, -0.15) is 0 Å². The third kappa shape index (κ3) is 3.37. The maximum absolute atomic E-state index is 9.96. The van der Waals surface area contributed by atoms with E-state index in [9.17, 15) is 5.11 Å². The highest BCUT2D eigenvalue weighted by Gasteiger charge is 2.26. The van der Waals surface area contributed by atoms with Gasteiger partial charge in [0.05, 0.1) is 0 Å². The number of hydrogen-bond donors (Lipinski definition) is 2. The van der Waals surface area contributed by atoms with Crippen LogP contribution in [0.4, 0.5) is 0 Å². The Balaban J connectivity index is 0.00000144. The molecule has 0 saturated heterocycles. The van der Waals surface area contributed by atoms with E-state index in [1.807, 2.05) is 6.07 Å². The Morgan fingerprint density at radius 3 is 2.35 bits per heavy atom. The average molecular weight is 386 g/mol. The lowest BCUT2D eigenvalue weighted by Crippen LogP contribution is -2.19. The van der Waals surface area contributed by atoms with Crippen molar-refractivity contribution in [3.05, 3.63) is 26.6 Å². The van der Waals surface area contributed by atoms with E-state index in [0.29, 0.717) is 5.92 Å². The Hall–Kier alpha value is 0.230. The highest BCUT2D eigenvalue weighted by atomic mass is 79.9. The summed E-state index contributed by atoms with van der Waals surface area (Å²) in [6.07, 6.45) is 4.85. The van der Waals surface area contributed by atoms with Crippen molar-refractivity contribution >= 4 is 44.3 Å². The standard InChI is InChI=1S/C12H15Br2NO.ClH/c13-8-5-9(14)11(10(16)6-8)12(15)7-3-1-2-4-7;/h5-7,12,16H,1-4,15H2;1H/t12-;/m0./s1. The summed E-state index contributed by atoms with van der Waals surface area (Å²) in [5.74, 6) is 0.782. The van der Waals surface area contributed by atoms with Crippen LogP contribution in [0.1, 0.15) is 37.3 Å². The van der Waals surface area contributed by atoms with Crippen LogP contribution in [0.15, 0.2) is 21.1 Å². The summed E-state index contributed by atoms with van der Waals surface area (Å²) >= 11 is 6.82. The molecule has 2 rings (SSSR count). The van der Waals surface area contributed by atoms with Crippen LogP contribution in [0.25, 0.3) is 0 Å². The fourth-order valence-electron chi connectivity index (χ4n) is 2.45. The van der Waals surface area contributed by atoms with Crippen LogP contribution in [-0.4, -0.2) is 5.11 Å². The Kier molecular flexibility index (Phi) is 5.77. The molecule has 0 aromatic heterocycles. The number of phenols is 1. The first-order valence-electron chi connectivity index (χ1n) is 5.53. The van der Waals surface area contributed by atoms with E-state index in [1.165, 1.54) is 25.7 Å². The number of rotatable bonds is 2. The van der Waals surface area contributed by atoms with Crippen molar-refractivity contribution in [1.29, 1.82) is 0 Å². The zero-order valence-corrected chi connectivity index (χ0v) is 13.3. The lowest BCUT2D eigenvalue weighted by atomic mass is 9.92. The third-order valence-electron chi connectivity index (χ3n) is 3.31. The quantitative estimate of drug-likeness (QED) is 0.786. The van der Waals surface area contributed by atoms with Gasteiger partial charge in [0.25, 0.3) is 0 Å². The maximum Gasteiger partial charge on any atom is 0.122 e. The van der Waals surface area contributed by atoms with Gasteiger partial charge >= 0.3 is 0 Å². The van der Waals surface area contributed by atoms with Crippen LogP contribution in [0.2, 0.25) is 0 Å². The van der Waals surface area contributed by atoms with Crippen molar-refractivity contribution in [3.63, 3.8) is 0 Å². The van der Waals surface area contributed by atoms with Crippen molar-refractivity contribution in [2.24, 2.45) is 11.7 Å². The van der Waals surface area contributed by atoms with Crippen molar-refractivity contribution in [2.75, 3.05) is 0 Å². The summed E-state index contributed by atoms with van der Waals surface area (Å²) in [5, 5.41) is 9.96. The SMILES string of the molecule is Cl.N[C@H](c1c(O)cc(Br)cc1Br)C1CCCC1. The molecule has 1 fully saturated rings. The van der Waals surface area contributed by atoms with Gasteiger partial charge in [-0.15, -0.1) is 12.4 Å². The predicted molar refractivity (Wildman–Crippen MR) is 79.6 cm³/mol. The molecule has 0 bridgehead atoms. The van der Waals surface area contributed by atoms with E-state index >= 15 is 0 Å². The highest BCUT2D eigenvalue weighted by molar-refractivity contribution is 9.11. The highest BCUT2D eigenvalue weighted by Crippen LogP contribution is 2.41. The van der Waals surface area contributed by atoms with Crippen LogP contribution in [0.5, 0.6) is 5.75 Å². The largest absolute Gasteiger partial charge is 0.508 e. The van der Waals surface area contributed by atoms with E-state index < -0.39 is 0 Å². The summed E-state index contributed by atoms with van der Waals surface area (Å²) < 4.78 is 1.75. The molecular formula is C12H16Br2ClNO. The lowest BCUT2D eigenvalue weighted by molar-refractivity contribution is 0.411. The molecule has 3 N–H and O–H groups in total. The molecule has 17 heavy (non-hydrogen) atoms. The molecule has 2 nitrogen and oxygen atoms in total. The van der Waals surface area contributed by atoms with Crippen LogP contribution < -0.4 is 5.73 Å². The monoisotopic (exact) mass is 383 g/mol. The van der Waals surface area contributed by atoms with E-state index in [0.717, 1.165) is 14.5 Å². The zero-order valence-electron chi connectivity index (χ0n) is 9.33. The molecule has 96 valence electrons. The third-order valence-corrected chi connectivity index (χ3v) is 4.43. The first kappa shape index (κ1) is 15.3. The van der Waals surface area contributed by atoms with Gasteiger partial charge in [0.1, 0.15) is 5.75 Å². The molecule has 0 radical (unpaired) electrons. The van der Waals surface area contributed by atoms with Crippen molar-refractivity contribution < 1.29 is 5.11 Å². The molecule has 0 aliphatic heterocycles. The zero-order chi connectivity index (χ0) is 11.7. The fraction of sp³-hybridized carbons (Fsp3) is 0.500. The summed E-state index contributed by atoms with van der Waals surface area (Å²) in [5.41, 5.74) is 7.09. The molecule has 0 heterocycles. The van der Waals surface area contributed by atoms with Gasteiger partial charge in [0, 0.05) is 20.6 Å². The van der Waals surface area contributed by atoms with Gasteiger partial charge in [-0.1, -0.05) is 44.7 Å². The van der Waals surface area contributed by atoms with E-state index in [4.69, 9.17) is 5.73 Å². The summed E-state index contributed by atoms with van der Waals surface area (Å²) in [7, 11) is 0. The van der Waals surface area contributed by atoms with Gasteiger partial charge in [-0.25, -0.2) is 0 Å². The van der Waals surface area contributed by atoms with Gasteiger partial charge in [0.15, 0.2) is 0 Å². The number of benzene rings is 1. The summed E-state index contributed by atoms with van der Waals surface area (Å²) in [6.45, 7) is 0. The average Bonchev–Trinajstić information content (AvgIpc) is 2.67. The van der Waals surface area contributed by atoms with Crippen molar-refractivity contribution in [2.45, 2.75) is 31.7 Å². The maximum atomic E-state index is 9.96. The Morgan fingerprint density at radius 1 is 1.24 bits per heavy atom. The smallest absolute Gasteiger partial charge is 0.122 e. The summed E-state index contributed by atoms with van der Waals surface area (Å²) in [6, 6.07) is 3.57. The molecule has 0 spiro atoms. The molecule has 1 aliphatic rings. The molecule has 0 unspecified atom stereocenters. The first-order chi connectivity index (χ1) is 7.59. The molecular weight excluding hydrogens is 369 g/mol. The van der Waals surface area contributed by atoms with Crippen LogP contribution in [-0.2, 0) is 0 Å². The second-order valence-electron chi connectivity index (χ2n) is 4.39. The second-order valence-corrected chi connectivity index (χ2v) is 6.16. The first-order valence-corrected chi connectivity index (χ1v) is 7.11. The molecule has 1 saturated carbocycles. The second kappa shape index (κ2) is 6.41. The van der Waals surface area contributed by atoms with Gasteiger partial charge in [-0.3, -0.25) is 0 Å². The van der Waals surface area contributed by atoms with Gasteiger partial charge in [0.2, 0.25) is 0 Å². The molecule has 0 amide bonds. The van der Waals surface area contributed by atoms with E-state index in [2.05, 4.69) is 31.9 Å². The molecule has 1 aromatic carbocycles. The number of phenolic OH excluding ortho intramolecular Hbond substituents is 1. The van der Waals surface area contributed by atoms with Crippen LogP contribution in [0.3, 0.4) is 0 Å².